The van der Waals surface area contributed by atoms with E-state index in [0.29, 0.717) is 17.1 Å². The summed E-state index contributed by atoms with van der Waals surface area (Å²) in [7, 11) is 2.15. The number of anilines is 1. The molecule has 0 aliphatic carbocycles. The highest BCUT2D eigenvalue weighted by atomic mass is 16.1. The minimum Gasteiger partial charge on any atom is -0.369 e. The first-order valence-electron chi connectivity index (χ1n) is 9.61. The minimum atomic E-state index is -0.277. The highest BCUT2D eigenvalue weighted by molar-refractivity contribution is 5.83. The van der Waals surface area contributed by atoms with Crippen LogP contribution in [-0.4, -0.2) is 63.3 Å². The highest BCUT2D eigenvalue weighted by Gasteiger charge is 2.16. The predicted molar refractivity (Wildman–Crippen MR) is 113 cm³/mol. The van der Waals surface area contributed by atoms with Gasteiger partial charge in [0.2, 0.25) is 0 Å². The van der Waals surface area contributed by atoms with E-state index >= 15 is 0 Å². The molecule has 8 heteroatoms. The van der Waals surface area contributed by atoms with Gasteiger partial charge in [-0.15, -0.1) is 0 Å². The number of fused-ring (bicyclic) bond motifs is 1. The van der Waals surface area contributed by atoms with Gasteiger partial charge in [0.05, 0.1) is 22.3 Å². The first-order valence-corrected chi connectivity index (χ1v) is 9.61. The van der Waals surface area contributed by atoms with E-state index in [-0.39, 0.29) is 5.56 Å². The van der Waals surface area contributed by atoms with Crippen molar-refractivity contribution in [3.8, 4) is 22.6 Å². The Morgan fingerprint density at radius 2 is 1.79 bits per heavy atom. The second-order valence-electron chi connectivity index (χ2n) is 7.31. The summed E-state index contributed by atoms with van der Waals surface area (Å²) >= 11 is 0. The third kappa shape index (κ3) is 3.38. The number of nitrogens with zero attached hydrogens (tertiary/aromatic N) is 5. The number of H-pyrrole nitrogens is 2. The summed E-state index contributed by atoms with van der Waals surface area (Å²) in [5, 5.41) is 6.73. The van der Waals surface area contributed by atoms with Crippen LogP contribution in [-0.2, 0) is 0 Å². The van der Waals surface area contributed by atoms with Crippen molar-refractivity contribution < 1.29 is 0 Å². The van der Waals surface area contributed by atoms with E-state index in [1.807, 2.05) is 18.2 Å². The Morgan fingerprint density at radius 1 is 1.00 bits per heavy atom. The van der Waals surface area contributed by atoms with Crippen LogP contribution in [0.15, 0.2) is 53.6 Å². The molecule has 0 saturated carbocycles. The van der Waals surface area contributed by atoms with E-state index in [0.717, 1.165) is 48.5 Å². The Bertz CT molecular complexity index is 1210. The van der Waals surface area contributed by atoms with Gasteiger partial charge >= 0.3 is 0 Å². The van der Waals surface area contributed by atoms with Crippen molar-refractivity contribution in [2.75, 3.05) is 38.1 Å². The summed E-state index contributed by atoms with van der Waals surface area (Å²) in [6.07, 6.45) is 3.39. The number of nitrogens with one attached hydrogen (secondary N) is 2. The minimum absolute atomic E-state index is 0.277. The van der Waals surface area contributed by atoms with Gasteiger partial charge < -0.3 is 14.8 Å². The summed E-state index contributed by atoms with van der Waals surface area (Å²) < 4.78 is 0. The van der Waals surface area contributed by atoms with Crippen LogP contribution in [0, 0.1) is 0 Å². The Hall–Kier alpha value is -3.52. The molecule has 5 rings (SSSR count). The van der Waals surface area contributed by atoms with Crippen LogP contribution < -0.4 is 10.5 Å². The van der Waals surface area contributed by atoms with E-state index in [1.54, 1.807) is 18.5 Å². The molecule has 0 radical (unpaired) electrons. The van der Waals surface area contributed by atoms with Crippen LogP contribution in [0.25, 0.3) is 33.7 Å². The second-order valence-corrected chi connectivity index (χ2v) is 7.31. The van der Waals surface area contributed by atoms with E-state index in [4.69, 9.17) is 4.98 Å². The van der Waals surface area contributed by atoms with Gasteiger partial charge in [0, 0.05) is 49.8 Å². The molecule has 3 aromatic heterocycles. The lowest BCUT2D eigenvalue weighted by molar-refractivity contribution is 0.313. The fourth-order valence-electron chi connectivity index (χ4n) is 3.64. The average molecular weight is 387 g/mol. The number of likely N-dealkylation sites (N-methyl/N-ethyl adjacent to an activating group) is 1. The van der Waals surface area contributed by atoms with Crippen molar-refractivity contribution >= 4 is 16.7 Å². The number of aromatic nitrogens is 5. The first kappa shape index (κ1) is 17.6. The number of aromatic amines is 2. The number of piperazine rings is 1. The SMILES string of the molecule is CN1CCN(c2ccc3[nH]c(-c4cc(-c5ccncc5)n[nH]c4=O)nc3c2)CC1. The topological polar surface area (TPSA) is 93.8 Å². The molecule has 1 fully saturated rings. The molecule has 4 heterocycles. The Morgan fingerprint density at radius 3 is 2.59 bits per heavy atom. The fraction of sp³-hybridized carbons (Fsp3) is 0.238. The molecule has 1 aliphatic rings. The van der Waals surface area contributed by atoms with Crippen molar-refractivity contribution in [1.29, 1.82) is 0 Å². The molecule has 0 atom stereocenters. The van der Waals surface area contributed by atoms with E-state index in [2.05, 4.69) is 49.1 Å². The Labute approximate surface area is 167 Å². The molecule has 0 amide bonds. The summed E-state index contributed by atoms with van der Waals surface area (Å²) in [4.78, 5) is 29.1. The van der Waals surface area contributed by atoms with Crippen LogP contribution in [0.4, 0.5) is 5.69 Å². The molecule has 1 aromatic carbocycles. The van der Waals surface area contributed by atoms with Crippen LogP contribution >= 0.6 is 0 Å². The zero-order chi connectivity index (χ0) is 19.8. The lowest BCUT2D eigenvalue weighted by Gasteiger charge is -2.34. The number of imidazole rings is 1. The molecule has 1 aliphatic heterocycles. The summed E-state index contributed by atoms with van der Waals surface area (Å²) in [5.74, 6) is 0.537. The fourth-order valence-corrected chi connectivity index (χ4v) is 3.64. The third-order valence-corrected chi connectivity index (χ3v) is 5.37. The Balaban J connectivity index is 1.52. The lowest BCUT2D eigenvalue weighted by Crippen LogP contribution is -2.44. The maximum atomic E-state index is 12.4. The quantitative estimate of drug-likeness (QED) is 0.559. The smallest absolute Gasteiger partial charge is 0.275 e. The molecule has 29 heavy (non-hydrogen) atoms. The molecule has 0 spiro atoms. The Kier molecular flexibility index (Phi) is 4.33. The highest BCUT2D eigenvalue weighted by Crippen LogP contribution is 2.25. The van der Waals surface area contributed by atoms with Gasteiger partial charge in [0.1, 0.15) is 5.82 Å². The summed E-state index contributed by atoms with van der Waals surface area (Å²) in [6.45, 7) is 4.10. The molecule has 146 valence electrons. The van der Waals surface area contributed by atoms with E-state index in [9.17, 15) is 4.79 Å². The van der Waals surface area contributed by atoms with Crippen LogP contribution in [0.1, 0.15) is 0 Å². The number of hydrogen-bond acceptors (Lipinski definition) is 6. The molecule has 8 nitrogen and oxygen atoms in total. The second kappa shape index (κ2) is 7.14. The van der Waals surface area contributed by atoms with Gasteiger partial charge in [0.25, 0.3) is 5.56 Å². The molecule has 1 saturated heterocycles. The largest absolute Gasteiger partial charge is 0.369 e. The number of pyridine rings is 1. The normalized spacial score (nSPS) is 15.1. The van der Waals surface area contributed by atoms with E-state index < -0.39 is 0 Å². The van der Waals surface area contributed by atoms with Crippen molar-refractivity contribution in [3.05, 3.63) is 59.1 Å². The van der Waals surface area contributed by atoms with Crippen LogP contribution in [0.2, 0.25) is 0 Å². The number of hydrogen-bond donors (Lipinski definition) is 2. The van der Waals surface area contributed by atoms with Crippen molar-refractivity contribution in [2.45, 2.75) is 0 Å². The van der Waals surface area contributed by atoms with Gasteiger partial charge in [-0.25, -0.2) is 10.1 Å². The van der Waals surface area contributed by atoms with Gasteiger partial charge in [0.15, 0.2) is 0 Å². The van der Waals surface area contributed by atoms with Crippen LogP contribution in [0.5, 0.6) is 0 Å². The molecule has 0 unspecified atom stereocenters. The summed E-state index contributed by atoms with van der Waals surface area (Å²) in [6, 6.07) is 11.7. The molecule has 2 N–H and O–H groups in total. The lowest BCUT2D eigenvalue weighted by atomic mass is 10.1. The van der Waals surface area contributed by atoms with Gasteiger partial charge in [-0.2, -0.15) is 5.10 Å². The molecular weight excluding hydrogens is 366 g/mol. The number of benzene rings is 1. The standard InChI is InChI=1S/C21H21N7O/c1-27-8-10-28(11-9-27)15-2-3-17-19(12-15)24-20(23-17)16-13-18(25-26-21(16)29)14-4-6-22-7-5-14/h2-7,12-13H,8-11H2,1H3,(H,23,24)(H,26,29). The van der Waals surface area contributed by atoms with Crippen molar-refractivity contribution in [2.24, 2.45) is 0 Å². The van der Waals surface area contributed by atoms with Crippen LogP contribution in [0.3, 0.4) is 0 Å². The molecular formula is C21H21N7O. The zero-order valence-electron chi connectivity index (χ0n) is 16.1. The van der Waals surface area contributed by atoms with E-state index in [1.165, 1.54) is 0 Å². The number of rotatable bonds is 3. The molecule has 0 bridgehead atoms. The maximum absolute atomic E-state index is 12.4. The first-order chi connectivity index (χ1) is 14.2. The van der Waals surface area contributed by atoms with Gasteiger partial charge in [-0.3, -0.25) is 9.78 Å². The van der Waals surface area contributed by atoms with Crippen molar-refractivity contribution in [1.82, 2.24) is 30.0 Å². The zero-order valence-corrected chi connectivity index (χ0v) is 16.1. The van der Waals surface area contributed by atoms with Gasteiger partial charge in [-0.05, 0) is 43.4 Å². The molecule has 4 aromatic rings. The predicted octanol–water partition coefficient (Wildman–Crippen LogP) is 2.13. The maximum Gasteiger partial charge on any atom is 0.275 e. The summed E-state index contributed by atoms with van der Waals surface area (Å²) in [5.41, 5.74) is 4.64. The third-order valence-electron chi connectivity index (χ3n) is 5.37. The van der Waals surface area contributed by atoms with Gasteiger partial charge in [-0.1, -0.05) is 0 Å². The average Bonchev–Trinajstić information content (AvgIpc) is 3.18. The monoisotopic (exact) mass is 387 g/mol. The van der Waals surface area contributed by atoms with Crippen molar-refractivity contribution in [3.63, 3.8) is 0 Å².